The maximum absolute atomic E-state index is 11.8. The Balaban J connectivity index is 2.85. The summed E-state index contributed by atoms with van der Waals surface area (Å²) in [4.78, 5) is 23.2. The Labute approximate surface area is 112 Å². The Morgan fingerprint density at radius 1 is 1.42 bits per heavy atom. The number of ether oxygens (including phenoxy) is 1. The monoisotopic (exact) mass is 265 g/mol. The van der Waals surface area contributed by atoms with E-state index < -0.39 is 17.7 Å². The van der Waals surface area contributed by atoms with Crippen LogP contribution in [-0.4, -0.2) is 17.5 Å². The molecule has 0 aliphatic heterocycles. The van der Waals surface area contributed by atoms with E-state index in [2.05, 4.69) is 11.9 Å². The Morgan fingerprint density at radius 2 is 2.05 bits per heavy atom. The quantitative estimate of drug-likeness (QED) is 0.850. The summed E-state index contributed by atoms with van der Waals surface area (Å²) in [5.41, 5.74) is -0.379. The number of carbonyl (C=O) groups is 2. The van der Waals surface area contributed by atoms with Gasteiger partial charge in [-0.3, -0.25) is 4.79 Å². The molecule has 1 N–H and O–H groups in total. The second-order valence-electron chi connectivity index (χ2n) is 5.18. The highest BCUT2D eigenvalue weighted by Gasteiger charge is 2.25. The Bertz CT molecular complexity index is 468. The zero-order valence-electron chi connectivity index (χ0n) is 11.6. The summed E-state index contributed by atoms with van der Waals surface area (Å²) in [6.45, 7) is 10.3. The molecule has 1 heterocycles. The van der Waals surface area contributed by atoms with Crippen molar-refractivity contribution in [3.63, 3.8) is 0 Å². The first-order chi connectivity index (χ1) is 8.70. The molecule has 19 heavy (non-hydrogen) atoms. The van der Waals surface area contributed by atoms with Crippen molar-refractivity contribution in [3.05, 3.63) is 36.3 Å². The van der Waals surface area contributed by atoms with Gasteiger partial charge in [-0.15, -0.1) is 0 Å². The first kappa shape index (κ1) is 15.0. The van der Waals surface area contributed by atoms with Crippen molar-refractivity contribution >= 4 is 11.9 Å². The number of carbonyl (C=O) groups excluding carboxylic acids is 2. The lowest BCUT2D eigenvalue weighted by Gasteiger charge is -2.23. The van der Waals surface area contributed by atoms with Gasteiger partial charge in [-0.25, -0.2) is 4.79 Å². The fraction of sp³-hybridized carbons (Fsp3) is 0.429. The molecule has 104 valence electrons. The number of hydrogen-bond acceptors (Lipinski definition) is 4. The predicted molar refractivity (Wildman–Crippen MR) is 70.6 cm³/mol. The number of amides is 1. The zero-order chi connectivity index (χ0) is 14.6. The highest BCUT2D eigenvalue weighted by Crippen LogP contribution is 2.22. The summed E-state index contributed by atoms with van der Waals surface area (Å²) >= 11 is 0. The number of Topliss-reactive ketones (excluding diaryl/α,β-unsaturated/α-hetero) is 1. The second kappa shape index (κ2) is 5.73. The Morgan fingerprint density at radius 3 is 2.47 bits per heavy atom. The van der Waals surface area contributed by atoms with Gasteiger partial charge in [-0.05, 0) is 39.8 Å². The van der Waals surface area contributed by atoms with Crippen molar-refractivity contribution < 1.29 is 18.7 Å². The average Bonchev–Trinajstić information content (AvgIpc) is 2.75. The molecule has 0 saturated heterocycles. The summed E-state index contributed by atoms with van der Waals surface area (Å²) in [6, 6.07) is 2.62. The minimum absolute atomic E-state index is 0.225. The summed E-state index contributed by atoms with van der Waals surface area (Å²) < 4.78 is 10.4. The van der Waals surface area contributed by atoms with Crippen LogP contribution in [0.15, 0.2) is 35.0 Å². The Hall–Kier alpha value is -2.04. The van der Waals surface area contributed by atoms with E-state index in [1.165, 1.54) is 13.2 Å². The van der Waals surface area contributed by atoms with Crippen LogP contribution < -0.4 is 5.32 Å². The van der Waals surface area contributed by atoms with Gasteiger partial charge in [0.25, 0.3) is 0 Å². The zero-order valence-corrected chi connectivity index (χ0v) is 11.6. The first-order valence-corrected chi connectivity index (χ1v) is 5.93. The van der Waals surface area contributed by atoms with E-state index in [-0.39, 0.29) is 11.4 Å². The van der Waals surface area contributed by atoms with Crippen LogP contribution in [0.1, 0.15) is 39.5 Å². The lowest BCUT2D eigenvalue weighted by atomic mass is 10.0. The van der Waals surface area contributed by atoms with Gasteiger partial charge < -0.3 is 14.5 Å². The van der Waals surface area contributed by atoms with E-state index in [1.54, 1.807) is 32.9 Å². The number of rotatable bonds is 4. The van der Waals surface area contributed by atoms with Gasteiger partial charge in [0, 0.05) is 5.57 Å². The fourth-order valence-corrected chi connectivity index (χ4v) is 1.41. The molecule has 0 aliphatic carbocycles. The molecule has 0 bridgehead atoms. The third-order valence-electron chi connectivity index (χ3n) is 2.29. The Kier molecular flexibility index (Phi) is 4.53. The van der Waals surface area contributed by atoms with E-state index in [4.69, 9.17) is 9.15 Å². The molecule has 0 aromatic carbocycles. The van der Waals surface area contributed by atoms with E-state index >= 15 is 0 Å². The van der Waals surface area contributed by atoms with Gasteiger partial charge in [0.1, 0.15) is 17.4 Å². The van der Waals surface area contributed by atoms with Crippen molar-refractivity contribution in [2.45, 2.75) is 39.3 Å². The molecule has 0 aliphatic rings. The van der Waals surface area contributed by atoms with Gasteiger partial charge in [0.2, 0.25) is 0 Å². The van der Waals surface area contributed by atoms with Crippen molar-refractivity contribution in [2.24, 2.45) is 0 Å². The third kappa shape index (κ3) is 4.62. The molecule has 5 nitrogen and oxygen atoms in total. The van der Waals surface area contributed by atoms with Crippen LogP contribution in [0.4, 0.5) is 4.79 Å². The minimum atomic E-state index is -0.720. The molecular formula is C14H19NO4. The van der Waals surface area contributed by atoms with Gasteiger partial charge in [0.15, 0.2) is 5.78 Å². The van der Waals surface area contributed by atoms with Gasteiger partial charge >= 0.3 is 6.09 Å². The van der Waals surface area contributed by atoms with E-state index in [0.717, 1.165) is 0 Å². The molecule has 5 heteroatoms. The molecule has 0 fully saturated rings. The number of ketones is 1. The van der Waals surface area contributed by atoms with Crippen molar-refractivity contribution in [1.29, 1.82) is 0 Å². The van der Waals surface area contributed by atoms with Gasteiger partial charge in [0.05, 0.1) is 6.26 Å². The summed E-state index contributed by atoms with van der Waals surface area (Å²) in [6.07, 6.45) is 0.836. The standard InChI is InChI=1S/C14H19NO4/c1-9(10(2)16)12(11-7-6-8-18-11)15-13(17)19-14(3,4)5/h6-8,12H,1H2,2-5H3,(H,15,17)/t12-/m0/s1. The normalized spacial score (nSPS) is 12.6. The SMILES string of the molecule is C=C(C(C)=O)[C@H](NC(=O)OC(C)(C)C)c1ccco1. The smallest absolute Gasteiger partial charge is 0.408 e. The lowest BCUT2D eigenvalue weighted by molar-refractivity contribution is -0.113. The summed E-state index contributed by atoms with van der Waals surface area (Å²) in [5.74, 6) is 0.212. The molecule has 0 saturated carbocycles. The molecule has 0 radical (unpaired) electrons. The molecule has 1 amide bonds. The topological polar surface area (TPSA) is 68.5 Å². The minimum Gasteiger partial charge on any atom is -0.467 e. The lowest BCUT2D eigenvalue weighted by Crippen LogP contribution is -2.36. The second-order valence-corrected chi connectivity index (χ2v) is 5.18. The molecule has 0 unspecified atom stereocenters. The van der Waals surface area contributed by atoms with Crippen LogP contribution >= 0.6 is 0 Å². The van der Waals surface area contributed by atoms with Crippen LogP contribution in [0, 0.1) is 0 Å². The maximum atomic E-state index is 11.8. The van der Waals surface area contributed by atoms with Crippen LogP contribution in [0.25, 0.3) is 0 Å². The third-order valence-corrected chi connectivity index (χ3v) is 2.29. The molecule has 1 aromatic rings. The van der Waals surface area contributed by atoms with Crippen molar-refractivity contribution in [2.75, 3.05) is 0 Å². The predicted octanol–water partition coefficient (Wildman–Crippen LogP) is 2.99. The molecule has 0 spiro atoms. The number of hydrogen-bond donors (Lipinski definition) is 1. The molecule has 1 atom stereocenters. The molecule has 1 aromatic heterocycles. The van der Waals surface area contributed by atoms with Crippen LogP contribution in [0.5, 0.6) is 0 Å². The number of furan rings is 1. The van der Waals surface area contributed by atoms with E-state index in [9.17, 15) is 9.59 Å². The van der Waals surface area contributed by atoms with Gasteiger partial charge in [-0.1, -0.05) is 6.58 Å². The molecule has 1 rings (SSSR count). The maximum Gasteiger partial charge on any atom is 0.408 e. The van der Waals surface area contributed by atoms with E-state index in [0.29, 0.717) is 5.76 Å². The number of alkyl carbamates (subject to hydrolysis) is 1. The van der Waals surface area contributed by atoms with Crippen LogP contribution in [-0.2, 0) is 9.53 Å². The number of nitrogens with one attached hydrogen (secondary N) is 1. The summed E-state index contributed by atoms with van der Waals surface area (Å²) in [5, 5.41) is 2.58. The van der Waals surface area contributed by atoms with Crippen LogP contribution in [0.3, 0.4) is 0 Å². The van der Waals surface area contributed by atoms with Crippen molar-refractivity contribution in [3.8, 4) is 0 Å². The van der Waals surface area contributed by atoms with E-state index in [1.807, 2.05) is 0 Å². The summed E-state index contributed by atoms with van der Waals surface area (Å²) in [7, 11) is 0. The van der Waals surface area contributed by atoms with Crippen LogP contribution in [0.2, 0.25) is 0 Å². The highest BCUT2D eigenvalue weighted by atomic mass is 16.6. The fourth-order valence-electron chi connectivity index (χ4n) is 1.41. The first-order valence-electron chi connectivity index (χ1n) is 5.93. The average molecular weight is 265 g/mol. The highest BCUT2D eigenvalue weighted by molar-refractivity contribution is 5.94. The molecular weight excluding hydrogens is 246 g/mol. The van der Waals surface area contributed by atoms with Crippen molar-refractivity contribution in [1.82, 2.24) is 5.32 Å². The largest absolute Gasteiger partial charge is 0.467 e. The van der Waals surface area contributed by atoms with Gasteiger partial charge in [-0.2, -0.15) is 0 Å².